The van der Waals surface area contributed by atoms with E-state index in [1.54, 1.807) is 0 Å². The second-order valence-corrected chi connectivity index (χ2v) is 5.37. The van der Waals surface area contributed by atoms with Gasteiger partial charge < -0.3 is 10.2 Å². The van der Waals surface area contributed by atoms with Crippen molar-refractivity contribution in [3.05, 3.63) is 41.5 Å². The largest absolute Gasteiger partial charge is 0.481 e. The van der Waals surface area contributed by atoms with E-state index in [2.05, 4.69) is 6.92 Å². The fourth-order valence-corrected chi connectivity index (χ4v) is 2.21. The van der Waals surface area contributed by atoms with Gasteiger partial charge in [-0.3, -0.25) is 4.79 Å². The number of carboxylic acid groups (broad SMARTS) is 1. The van der Waals surface area contributed by atoms with Crippen LogP contribution in [0.25, 0.3) is 6.08 Å². The number of aliphatic carboxylic acids is 1. The Morgan fingerprint density at radius 3 is 2.81 bits per heavy atom. The maximum Gasteiger partial charge on any atom is 0.303 e. The van der Waals surface area contributed by atoms with Crippen LogP contribution in [0, 0.1) is 0 Å². The molecule has 1 rings (SSSR count). The number of aliphatic hydroxyl groups is 1. The van der Waals surface area contributed by atoms with E-state index in [4.69, 9.17) is 5.11 Å². The molecule has 1 aromatic carbocycles. The molecule has 0 heterocycles. The Bertz CT molecular complexity index is 452. The van der Waals surface area contributed by atoms with Gasteiger partial charge in [-0.1, -0.05) is 56.5 Å². The summed E-state index contributed by atoms with van der Waals surface area (Å²) in [7, 11) is 0. The fraction of sp³-hybridized carbons (Fsp3) is 0.500. The molecular formula is C18H26O3. The highest BCUT2D eigenvalue weighted by molar-refractivity contribution is 5.66. The number of carbonyl (C=O) groups is 1. The molecule has 0 aliphatic rings. The van der Waals surface area contributed by atoms with Crippen LogP contribution in [-0.2, 0) is 4.79 Å². The van der Waals surface area contributed by atoms with Crippen LogP contribution in [0.1, 0.15) is 69.1 Å². The summed E-state index contributed by atoms with van der Waals surface area (Å²) in [5, 5.41) is 18.7. The molecule has 21 heavy (non-hydrogen) atoms. The van der Waals surface area contributed by atoms with E-state index in [1.165, 1.54) is 0 Å². The Balaban J connectivity index is 2.47. The average Bonchev–Trinajstić information content (AvgIpc) is 2.47. The summed E-state index contributed by atoms with van der Waals surface area (Å²) in [6, 6.07) is 7.91. The Labute approximate surface area is 127 Å². The van der Waals surface area contributed by atoms with Crippen molar-refractivity contribution in [1.29, 1.82) is 0 Å². The molecule has 0 saturated heterocycles. The zero-order chi connectivity index (χ0) is 15.5. The Hall–Kier alpha value is -1.61. The van der Waals surface area contributed by atoms with Crippen molar-refractivity contribution in [2.75, 3.05) is 0 Å². The minimum absolute atomic E-state index is 0.209. The molecule has 2 N–H and O–H groups in total. The molecule has 0 amide bonds. The molecule has 1 aromatic rings. The number of hydrogen-bond acceptors (Lipinski definition) is 2. The number of benzene rings is 1. The van der Waals surface area contributed by atoms with Crippen LogP contribution < -0.4 is 0 Å². The minimum atomic E-state index is -0.749. The summed E-state index contributed by atoms with van der Waals surface area (Å²) in [6.45, 7) is 2.15. The number of allylic oxidation sites excluding steroid dienone is 1. The molecule has 0 bridgehead atoms. The van der Waals surface area contributed by atoms with Crippen molar-refractivity contribution < 1.29 is 15.0 Å². The summed E-state index contributed by atoms with van der Waals surface area (Å²) >= 11 is 0. The smallest absolute Gasteiger partial charge is 0.303 e. The van der Waals surface area contributed by atoms with Crippen LogP contribution in [0.15, 0.2) is 30.3 Å². The summed E-state index contributed by atoms with van der Waals surface area (Å²) < 4.78 is 0. The average molecular weight is 290 g/mol. The van der Waals surface area contributed by atoms with Gasteiger partial charge in [-0.05, 0) is 36.5 Å². The number of rotatable bonds is 10. The molecule has 0 radical (unpaired) electrons. The highest BCUT2D eigenvalue weighted by Crippen LogP contribution is 2.21. The predicted molar refractivity (Wildman–Crippen MR) is 86.1 cm³/mol. The molecular weight excluding hydrogens is 264 g/mol. The van der Waals surface area contributed by atoms with E-state index < -0.39 is 12.1 Å². The third kappa shape index (κ3) is 7.66. The summed E-state index contributed by atoms with van der Waals surface area (Å²) in [6.07, 6.45) is 9.38. The van der Waals surface area contributed by atoms with Crippen LogP contribution in [0.2, 0.25) is 0 Å². The van der Waals surface area contributed by atoms with Crippen molar-refractivity contribution in [3.63, 3.8) is 0 Å². The lowest BCUT2D eigenvalue weighted by atomic mass is 10.0. The topological polar surface area (TPSA) is 57.5 Å². The number of aliphatic hydroxyl groups excluding tert-OH is 1. The molecule has 0 aromatic heterocycles. The summed E-state index contributed by atoms with van der Waals surface area (Å²) in [5.74, 6) is -0.749. The first-order chi connectivity index (χ1) is 10.1. The summed E-state index contributed by atoms with van der Waals surface area (Å²) in [4.78, 5) is 10.4. The molecule has 3 nitrogen and oxygen atoms in total. The molecule has 0 unspecified atom stereocenters. The van der Waals surface area contributed by atoms with Gasteiger partial charge in [-0.15, -0.1) is 0 Å². The van der Waals surface area contributed by atoms with Crippen molar-refractivity contribution in [2.45, 2.75) is 58.0 Å². The van der Waals surface area contributed by atoms with Gasteiger partial charge in [0.05, 0.1) is 6.10 Å². The van der Waals surface area contributed by atoms with Crippen LogP contribution in [0.5, 0.6) is 0 Å². The highest BCUT2D eigenvalue weighted by Gasteiger charge is 2.06. The van der Waals surface area contributed by atoms with Crippen LogP contribution >= 0.6 is 0 Å². The second-order valence-electron chi connectivity index (χ2n) is 5.37. The van der Waals surface area contributed by atoms with Crippen LogP contribution in [0.3, 0.4) is 0 Å². The minimum Gasteiger partial charge on any atom is -0.481 e. The van der Waals surface area contributed by atoms with Gasteiger partial charge in [-0.2, -0.15) is 0 Å². The van der Waals surface area contributed by atoms with Gasteiger partial charge in [0.25, 0.3) is 0 Å². The van der Waals surface area contributed by atoms with E-state index in [9.17, 15) is 9.90 Å². The Morgan fingerprint density at radius 2 is 2.10 bits per heavy atom. The zero-order valence-corrected chi connectivity index (χ0v) is 12.8. The molecule has 116 valence electrons. The first kappa shape index (κ1) is 17.4. The van der Waals surface area contributed by atoms with Crippen LogP contribution in [0.4, 0.5) is 0 Å². The molecule has 3 heteroatoms. The van der Waals surface area contributed by atoms with Crippen molar-refractivity contribution >= 4 is 12.0 Å². The molecule has 0 aliphatic heterocycles. The van der Waals surface area contributed by atoms with Gasteiger partial charge >= 0.3 is 5.97 Å². The number of carboxylic acids is 1. The molecule has 0 fully saturated rings. The van der Waals surface area contributed by atoms with E-state index in [0.29, 0.717) is 6.42 Å². The Kier molecular flexibility index (Phi) is 8.44. The van der Waals surface area contributed by atoms with Gasteiger partial charge in [0, 0.05) is 6.42 Å². The highest BCUT2D eigenvalue weighted by atomic mass is 16.4. The second kappa shape index (κ2) is 10.2. The standard InChI is InChI=1S/C18H26O3/c1-2-3-5-12-17(19)16-11-8-10-15(14-16)9-6-4-7-13-18(20)21/h6,8-11,14,17,19H,2-5,7,12-13H2,1H3,(H,20,21)/t17-/m1/s1. The summed E-state index contributed by atoms with van der Waals surface area (Å²) in [5.41, 5.74) is 2.01. The van der Waals surface area contributed by atoms with Gasteiger partial charge in [0.2, 0.25) is 0 Å². The maximum absolute atomic E-state index is 10.4. The normalized spacial score (nSPS) is 12.7. The van der Waals surface area contributed by atoms with E-state index >= 15 is 0 Å². The SMILES string of the molecule is CCCCC[C@@H](O)c1cccc(C=CCCCC(=O)O)c1. The van der Waals surface area contributed by atoms with Gasteiger partial charge in [-0.25, -0.2) is 0 Å². The maximum atomic E-state index is 10.4. The van der Waals surface area contributed by atoms with E-state index in [1.807, 2.05) is 36.4 Å². The lowest BCUT2D eigenvalue weighted by Crippen LogP contribution is -1.97. The van der Waals surface area contributed by atoms with E-state index in [-0.39, 0.29) is 6.42 Å². The van der Waals surface area contributed by atoms with Crippen LogP contribution in [-0.4, -0.2) is 16.2 Å². The van der Waals surface area contributed by atoms with Crippen molar-refractivity contribution in [1.82, 2.24) is 0 Å². The molecule has 0 saturated carbocycles. The third-order valence-corrected chi connectivity index (χ3v) is 3.45. The van der Waals surface area contributed by atoms with Crippen molar-refractivity contribution in [3.8, 4) is 0 Å². The first-order valence-electron chi connectivity index (χ1n) is 7.80. The Morgan fingerprint density at radius 1 is 1.29 bits per heavy atom. The predicted octanol–water partition coefficient (Wildman–Crippen LogP) is 4.57. The number of unbranched alkanes of at least 4 members (excludes halogenated alkanes) is 3. The fourth-order valence-electron chi connectivity index (χ4n) is 2.21. The van der Waals surface area contributed by atoms with Gasteiger partial charge in [0.15, 0.2) is 0 Å². The third-order valence-electron chi connectivity index (χ3n) is 3.45. The lowest BCUT2D eigenvalue weighted by Gasteiger charge is -2.11. The van der Waals surface area contributed by atoms with Gasteiger partial charge in [0.1, 0.15) is 0 Å². The molecule has 1 atom stereocenters. The van der Waals surface area contributed by atoms with Crippen molar-refractivity contribution in [2.24, 2.45) is 0 Å². The molecule has 0 spiro atoms. The monoisotopic (exact) mass is 290 g/mol. The first-order valence-corrected chi connectivity index (χ1v) is 7.80. The number of hydrogen-bond donors (Lipinski definition) is 2. The quantitative estimate of drug-likeness (QED) is 0.621. The lowest BCUT2D eigenvalue weighted by molar-refractivity contribution is -0.137. The zero-order valence-electron chi connectivity index (χ0n) is 12.8. The molecule has 0 aliphatic carbocycles. The van der Waals surface area contributed by atoms with E-state index in [0.717, 1.165) is 43.2 Å².